The van der Waals surface area contributed by atoms with Gasteiger partial charge in [0.25, 0.3) is 0 Å². The Morgan fingerprint density at radius 3 is 2.40 bits per heavy atom. The summed E-state index contributed by atoms with van der Waals surface area (Å²) < 4.78 is 42.3. The van der Waals surface area contributed by atoms with Crippen molar-refractivity contribution in [1.82, 2.24) is 9.55 Å². The number of para-hydroxylation sites is 1. The van der Waals surface area contributed by atoms with Crippen LogP contribution >= 0.6 is 12.2 Å². The number of aromatic nitrogens is 2. The number of aryl methyl sites for hydroxylation is 1. The molecule has 3 rings (SSSR count). The van der Waals surface area contributed by atoms with Crippen molar-refractivity contribution in [2.45, 2.75) is 6.92 Å². The van der Waals surface area contributed by atoms with Gasteiger partial charge in [-0.1, -0.05) is 12.1 Å². The second-order valence-electron chi connectivity index (χ2n) is 4.45. The van der Waals surface area contributed by atoms with Gasteiger partial charge in [0.1, 0.15) is 11.5 Å². The van der Waals surface area contributed by atoms with E-state index in [4.69, 9.17) is 12.2 Å². The first kappa shape index (κ1) is 12.9. The Kier molecular flexibility index (Phi) is 2.90. The van der Waals surface area contributed by atoms with Gasteiger partial charge in [-0.25, -0.2) is 13.2 Å². The molecule has 0 aliphatic carbocycles. The van der Waals surface area contributed by atoms with Crippen LogP contribution in [0.15, 0.2) is 30.3 Å². The first-order chi connectivity index (χ1) is 9.49. The molecule has 1 aromatic heterocycles. The molecule has 0 aliphatic heterocycles. The van der Waals surface area contributed by atoms with E-state index in [1.165, 1.54) is 4.57 Å². The number of imidazole rings is 1. The van der Waals surface area contributed by atoms with Crippen molar-refractivity contribution < 1.29 is 13.2 Å². The van der Waals surface area contributed by atoms with Crippen molar-refractivity contribution in [2.75, 3.05) is 0 Å². The highest BCUT2D eigenvalue weighted by atomic mass is 32.1. The summed E-state index contributed by atoms with van der Waals surface area (Å²) in [6.45, 7) is 1.81. The second-order valence-corrected chi connectivity index (χ2v) is 4.84. The minimum Gasteiger partial charge on any atom is -0.330 e. The van der Waals surface area contributed by atoms with Crippen LogP contribution < -0.4 is 0 Å². The summed E-state index contributed by atoms with van der Waals surface area (Å²) in [5.74, 6) is -2.96. The summed E-state index contributed by atoms with van der Waals surface area (Å²) in [7, 11) is 0. The molecule has 0 saturated carbocycles. The van der Waals surface area contributed by atoms with Crippen molar-refractivity contribution >= 4 is 23.3 Å². The summed E-state index contributed by atoms with van der Waals surface area (Å²) in [4.78, 5) is 2.89. The van der Waals surface area contributed by atoms with Crippen LogP contribution in [0, 0.1) is 29.1 Å². The molecule has 0 unspecified atom stereocenters. The van der Waals surface area contributed by atoms with E-state index in [-0.39, 0.29) is 10.5 Å². The van der Waals surface area contributed by atoms with Gasteiger partial charge in [-0.05, 0) is 30.8 Å². The number of hydrogen-bond acceptors (Lipinski definition) is 1. The Balaban J connectivity index is 2.48. The highest BCUT2D eigenvalue weighted by Gasteiger charge is 2.18. The van der Waals surface area contributed by atoms with Gasteiger partial charge in [0, 0.05) is 12.1 Å². The largest absolute Gasteiger partial charge is 0.330 e. The van der Waals surface area contributed by atoms with E-state index in [0.29, 0.717) is 23.2 Å². The van der Waals surface area contributed by atoms with Gasteiger partial charge in [-0.2, -0.15) is 0 Å². The summed E-state index contributed by atoms with van der Waals surface area (Å²) in [6.07, 6.45) is 0. The van der Waals surface area contributed by atoms with E-state index in [0.717, 1.165) is 5.56 Å². The van der Waals surface area contributed by atoms with E-state index in [2.05, 4.69) is 4.98 Å². The van der Waals surface area contributed by atoms with Crippen LogP contribution in [0.3, 0.4) is 0 Å². The van der Waals surface area contributed by atoms with Gasteiger partial charge < -0.3 is 4.98 Å². The summed E-state index contributed by atoms with van der Waals surface area (Å²) in [5.41, 5.74) is 1.66. The van der Waals surface area contributed by atoms with Crippen LogP contribution in [0.4, 0.5) is 13.2 Å². The van der Waals surface area contributed by atoms with Gasteiger partial charge in [-0.3, -0.25) is 4.57 Å². The van der Waals surface area contributed by atoms with E-state index in [1.807, 2.05) is 6.07 Å². The summed E-state index contributed by atoms with van der Waals surface area (Å²) in [6, 6.07) is 6.65. The molecule has 2 nitrogen and oxygen atoms in total. The highest BCUT2D eigenvalue weighted by molar-refractivity contribution is 7.71. The van der Waals surface area contributed by atoms with Gasteiger partial charge in [0.2, 0.25) is 0 Å². The molecule has 20 heavy (non-hydrogen) atoms. The molecule has 0 radical (unpaired) electrons. The zero-order chi connectivity index (χ0) is 14.4. The van der Waals surface area contributed by atoms with Gasteiger partial charge >= 0.3 is 0 Å². The summed E-state index contributed by atoms with van der Waals surface area (Å²) >= 11 is 5.13. The number of nitrogens with zero attached hydrogens (tertiary/aromatic N) is 1. The molecule has 2 aromatic carbocycles. The average Bonchev–Trinajstić information content (AvgIpc) is 2.66. The van der Waals surface area contributed by atoms with Gasteiger partial charge in [0.15, 0.2) is 16.4 Å². The molecular weight excluding hydrogens is 285 g/mol. The number of benzene rings is 2. The van der Waals surface area contributed by atoms with Gasteiger partial charge in [-0.15, -0.1) is 0 Å². The average molecular weight is 294 g/mol. The quantitative estimate of drug-likeness (QED) is 0.659. The van der Waals surface area contributed by atoms with Crippen LogP contribution in [0.5, 0.6) is 0 Å². The SMILES string of the molecule is Cc1cccc2[nH]c(=S)n(-c3c(F)cc(F)cc3F)c12. The Hall–Kier alpha value is -2.08. The maximum absolute atomic E-state index is 14.0. The number of rotatable bonds is 1. The molecule has 0 fully saturated rings. The Morgan fingerprint density at radius 2 is 1.75 bits per heavy atom. The predicted molar refractivity (Wildman–Crippen MR) is 73.1 cm³/mol. The molecule has 0 spiro atoms. The van der Waals surface area contributed by atoms with Crippen LogP contribution in [0.25, 0.3) is 16.7 Å². The molecular formula is C14H9F3N2S. The lowest BCUT2D eigenvalue weighted by Crippen LogP contribution is -2.03. The first-order valence-electron chi connectivity index (χ1n) is 5.84. The van der Waals surface area contributed by atoms with Crippen molar-refractivity contribution in [2.24, 2.45) is 0 Å². The molecule has 1 heterocycles. The lowest BCUT2D eigenvalue weighted by molar-refractivity contribution is 0.535. The third-order valence-corrected chi connectivity index (χ3v) is 3.40. The monoisotopic (exact) mass is 294 g/mol. The van der Waals surface area contributed by atoms with Crippen molar-refractivity contribution in [3.63, 3.8) is 0 Å². The zero-order valence-electron chi connectivity index (χ0n) is 10.4. The molecule has 102 valence electrons. The molecule has 0 saturated heterocycles. The fourth-order valence-corrected chi connectivity index (χ4v) is 2.58. The number of halogens is 3. The zero-order valence-corrected chi connectivity index (χ0v) is 11.2. The minimum absolute atomic E-state index is 0.152. The standard InChI is InChI=1S/C14H9F3N2S/c1-7-3-2-4-11-12(7)19(14(20)18-11)13-9(16)5-8(15)6-10(13)17/h2-6H,1H3,(H,18,20). The third-order valence-electron chi connectivity index (χ3n) is 3.11. The third kappa shape index (κ3) is 1.84. The second kappa shape index (κ2) is 4.49. The van der Waals surface area contributed by atoms with E-state index < -0.39 is 17.5 Å². The first-order valence-corrected chi connectivity index (χ1v) is 6.25. The van der Waals surface area contributed by atoms with Crippen molar-refractivity contribution in [1.29, 1.82) is 0 Å². The molecule has 1 N–H and O–H groups in total. The Bertz CT molecular complexity index is 857. The van der Waals surface area contributed by atoms with Crippen molar-refractivity contribution in [3.8, 4) is 5.69 Å². The molecule has 0 amide bonds. The number of H-pyrrole nitrogens is 1. The maximum atomic E-state index is 14.0. The van der Waals surface area contributed by atoms with E-state index >= 15 is 0 Å². The smallest absolute Gasteiger partial charge is 0.182 e. The fraction of sp³-hybridized carbons (Fsp3) is 0.0714. The molecule has 3 aromatic rings. The fourth-order valence-electron chi connectivity index (χ4n) is 2.29. The number of aromatic amines is 1. The Labute approximate surface area is 117 Å². The maximum Gasteiger partial charge on any atom is 0.182 e. The predicted octanol–water partition coefficient (Wildman–Crippen LogP) is 4.41. The molecule has 0 bridgehead atoms. The summed E-state index contributed by atoms with van der Waals surface area (Å²) in [5, 5.41) is 0. The minimum atomic E-state index is -0.997. The topological polar surface area (TPSA) is 20.7 Å². The van der Waals surface area contributed by atoms with Gasteiger partial charge in [0.05, 0.1) is 11.0 Å². The van der Waals surface area contributed by atoms with E-state index in [1.54, 1.807) is 19.1 Å². The van der Waals surface area contributed by atoms with Crippen LogP contribution in [0.2, 0.25) is 0 Å². The van der Waals surface area contributed by atoms with Crippen LogP contribution in [-0.2, 0) is 0 Å². The lowest BCUT2D eigenvalue weighted by atomic mass is 10.2. The number of nitrogens with one attached hydrogen (secondary N) is 1. The number of fused-ring (bicyclic) bond motifs is 1. The lowest BCUT2D eigenvalue weighted by Gasteiger charge is -2.09. The van der Waals surface area contributed by atoms with Crippen LogP contribution in [0.1, 0.15) is 5.56 Å². The normalized spacial score (nSPS) is 11.2. The van der Waals surface area contributed by atoms with E-state index in [9.17, 15) is 13.2 Å². The Morgan fingerprint density at radius 1 is 1.10 bits per heavy atom. The van der Waals surface area contributed by atoms with Crippen molar-refractivity contribution in [3.05, 3.63) is 58.1 Å². The molecule has 0 atom stereocenters. The van der Waals surface area contributed by atoms with Crippen LogP contribution in [-0.4, -0.2) is 9.55 Å². The molecule has 0 aliphatic rings. The molecule has 6 heteroatoms. The highest BCUT2D eigenvalue weighted by Crippen LogP contribution is 2.26. The number of hydrogen-bond donors (Lipinski definition) is 1.